The standard InChI is InChI=1S/C13H11ClF3N3O/c14-10-6-11(20-12(19-10)13(15,16)17)18-9(7-21)8-4-2-1-3-5-8/h1-6,9,21H,7H2,(H,18,19,20). The first-order valence-electron chi connectivity index (χ1n) is 5.94. The minimum absolute atomic E-state index is 0.106. The minimum Gasteiger partial charge on any atom is -0.394 e. The summed E-state index contributed by atoms with van der Waals surface area (Å²) in [4.78, 5) is 6.51. The van der Waals surface area contributed by atoms with Crippen LogP contribution in [0.25, 0.3) is 0 Å². The van der Waals surface area contributed by atoms with E-state index in [0.29, 0.717) is 5.56 Å². The van der Waals surface area contributed by atoms with Crippen molar-refractivity contribution in [1.29, 1.82) is 0 Å². The summed E-state index contributed by atoms with van der Waals surface area (Å²) in [6.45, 7) is -0.313. The highest BCUT2D eigenvalue weighted by Crippen LogP contribution is 2.29. The molecule has 0 aliphatic carbocycles. The van der Waals surface area contributed by atoms with Gasteiger partial charge in [0, 0.05) is 6.07 Å². The van der Waals surface area contributed by atoms with E-state index in [-0.39, 0.29) is 17.6 Å². The number of halogens is 4. The molecular formula is C13H11ClF3N3O. The monoisotopic (exact) mass is 317 g/mol. The second-order valence-electron chi connectivity index (χ2n) is 4.19. The number of aromatic nitrogens is 2. The Labute approximate surface area is 123 Å². The van der Waals surface area contributed by atoms with Crippen LogP contribution < -0.4 is 5.32 Å². The molecule has 0 fully saturated rings. The number of nitrogens with zero attached hydrogens (tertiary/aromatic N) is 2. The Hall–Kier alpha value is -1.86. The normalized spacial score (nSPS) is 13.0. The summed E-state index contributed by atoms with van der Waals surface area (Å²) >= 11 is 5.58. The molecule has 1 unspecified atom stereocenters. The molecule has 0 saturated heterocycles. The van der Waals surface area contributed by atoms with Crippen LogP contribution in [0.15, 0.2) is 36.4 Å². The maximum Gasteiger partial charge on any atom is 0.451 e. The zero-order valence-electron chi connectivity index (χ0n) is 10.6. The zero-order valence-corrected chi connectivity index (χ0v) is 11.4. The molecule has 2 rings (SSSR count). The first-order valence-corrected chi connectivity index (χ1v) is 6.32. The third-order valence-corrected chi connectivity index (χ3v) is 2.85. The van der Waals surface area contributed by atoms with Crippen LogP contribution in [0.1, 0.15) is 17.4 Å². The summed E-state index contributed by atoms with van der Waals surface area (Å²) < 4.78 is 37.9. The Bertz CT molecular complexity index is 607. The van der Waals surface area contributed by atoms with Crippen LogP contribution in [0.4, 0.5) is 19.0 Å². The van der Waals surface area contributed by atoms with Crippen molar-refractivity contribution in [2.24, 2.45) is 0 Å². The first kappa shape index (κ1) is 15.5. The van der Waals surface area contributed by atoms with Gasteiger partial charge in [0.25, 0.3) is 0 Å². The lowest BCUT2D eigenvalue weighted by Crippen LogP contribution is -2.18. The Morgan fingerprint density at radius 1 is 1.19 bits per heavy atom. The summed E-state index contributed by atoms with van der Waals surface area (Å²) in [5, 5.41) is 11.8. The van der Waals surface area contributed by atoms with Gasteiger partial charge in [-0.1, -0.05) is 41.9 Å². The molecule has 0 saturated carbocycles. The highest BCUT2D eigenvalue weighted by molar-refractivity contribution is 6.29. The first-order chi connectivity index (χ1) is 9.90. The van der Waals surface area contributed by atoms with Crippen LogP contribution in [0.5, 0.6) is 0 Å². The third-order valence-electron chi connectivity index (χ3n) is 2.66. The molecule has 1 aromatic carbocycles. The molecule has 0 bridgehead atoms. The van der Waals surface area contributed by atoms with Crippen molar-refractivity contribution in [3.63, 3.8) is 0 Å². The van der Waals surface area contributed by atoms with Gasteiger partial charge in [0.1, 0.15) is 11.0 Å². The number of nitrogens with one attached hydrogen (secondary N) is 1. The van der Waals surface area contributed by atoms with Crippen molar-refractivity contribution >= 4 is 17.4 Å². The molecular weight excluding hydrogens is 307 g/mol. The number of hydrogen-bond acceptors (Lipinski definition) is 4. The topological polar surface area (TPSA) is 58.0 Å². The Morgan fingerprint density at radius 3 is 2.43 bits per heavy atom. The van der Waals surface area contributed by atoms with Gasteiger partial charge in [-0.15, -0.1) is 0 Å². The number of aliphatic hydroxyl groups excluding tert-OH is 1. The van der Waals surface area contributed by atoms with Gasteiger partial charge < -0.3 is 10.4 Å². The van der Waals surface area contributed by atoms with E-state index >= 15 is 0 Å². The molecule has 1 aromatic heterocycles. The highest BCUT2D eigenvalue weighted by Gasteiger charge is 2.35. The van der Waals surface area contributed by atoms with Crippen LogP contribution in [-0.4, -0.2) is 21.7 Å². The molecule has 0 aliphatic rings. The largest absolute Gasteiger partial charge is 0.451 e. The molecule has 0 spiro atoms. The maximum absolute atomic E-state index is 12.6. The van der Waals surface area contributed by atoms with E-state index in [4.69, 9.17) is 11.6 Å². The average molecular weight is 318 g/mol. The number of benzene rings is 1. The van der Waals surface area contributed by atoms with Crippen molar-refractivity contribution in [2.75, 3.05) is 11.9 Å². The lowest BCUT2D eigenvalue weighted by atomic mass is 10.1. The summed E-state index contributed by atoms with van der Waals surface area (Å²) in [5.41, 5.74) is 0.711. The molecule has 1 atom stereocenters. The smallest absolute Gasteiger partial charge is 0.394 e. The number of aliphatic hydroxyl groups is 1. The van der Waals surface area contributed by atoms with Gasteiger partial charge >= 0.3 is 6.18 Å². The number of rotatable bonds is 4. The van der Waals surface area contributed by atoms with E-state index in [2.05, 4.69) is 15.3 Å². The SMILES string of the molecule is OCC(Nc1cc(Cl)nc(C(F)(F)F)n1)c1ccccc1. The summed E-state index contributed by atoms with van der Waals surface area (Å²) in [5.74, 6) is -1.44. The molecule has 8 heteroatoms. The van der Waals surface area contributed by atoms with Gasteiger partial charge in [-0.3, -0.25) is 0 Å². The molecule has 0 radical (unpaired) electrons. The summed E-state index contributed by atoms with van der Waals surface area (Å²) in [6.07, 6.45) is -4.69. The van der Waals surface area contributed by atoms with E-state index in [1.807, 2.05) is 0 Å². The fourth-order valence-electron chi connectivity index (χ4n) is 1.72. The summed E-state index contributed by atoms with van der Waals surface area (Å²) in [7, 11) is 0. The number of alkyl halides is 3. The second-order valence-corrected chi connectivity index (χ2v) is 4.57. The fraction of sp³-hybridized carbons (Fsp3) is 0.231. The van der Waals surface area contributed by atoms with Gasteiger partial charge in [-0.2, -0.15) is 13.2 Å². The minimum atomic E-state index is -4.69. The summed E-state index contributed by atoms with van der Waals surface area (Å²) in [6, 6.07) is 9.35. The van der Waals surface area contributed by atoms with Crippen LogP contribution >= 0.6 is 11.6 Å². The van der Waals surface area contributed by atoms with Crippen molar-refractivity contribution < 1.29 is 18.3 Å². The predicted molar refractivity (Wildman–Crippen MR) is 71.9 cm³/mol. The van der Waals surface area contributed by atoms with E-state index in [0.717, 1.165) is 0 Å². The highest BCUT2D eigenvalue weighted by atomic mass is 35.5. The number of anilines is 1. The predicted octanol–water partition coefficient (Wildman–Crippen LogP) is 3.29. The van der Waals surface area contributed by atoms with Crippen molar-refractivity contribution in [3.05, 3.63) is 52.9 Å². The van der Waals surface area contributed by atoms with Crippen LogP contribution in [0, 0.1) is 0 Å². The molecule has 4 nitrogen and oxygen atoms in total. The quantitative estimate of drug-likeness (QED) is 0.850. The van der Waals surface area contributed by atoms with Crippen molar-refractivity contribution in [2.45, 2.75) is 12.2 Å². The van der Waals surface area contributed by atoms with Gasteiger partial charge in [0.2, 0.25) is 5.82 Å². The molecule has 0 amide bonds. The Balaban J connectivity index is 2.28. The van der Waals surface area contributed by atoms with E-state index < -0.39 is 18.0 Å². The van der Waals surface area contributed by atoms with Gasteiger partial charge in [-0.05, 0) is 5.56 Å². The van der Waals surface area contributed by atoms with Crippen molar-refractivity contribution in [3.8, 4) is 0 Å². The fourth-order valence-corrected chi connectivity index (χ4v) is 1.90. The lowest BCUT2D eigenvalue weighted by Gasteiger charge is -2.18. The third kappa shape index (κ3) is 4.05. The lowest BCUT2D eigenvalue weighted by molar-refractivity contribution is -0.144. The molecule has 1 heterocycles. The molecule has 21 heavy (non-hydrogen) atoms. The van der Waals surface area contributed by atoms with E-state index in [9.17, 15) is 18.3 Å². The molecule has 112 valence electrons. The van der Waals surface area contributed by atoms with E-state index in [1.54, 1.807) is 30.3 Å². The van der Waals surface area contributed by atoms with E-state index in [1.165, 1.54) is 6.07 Å². The average Bonchev–Trinajstić information content (AvgIpc) is 2.44. The number of hydrogen-bond donors (Lipinski definition) is 2. The molecule has 0 aliphatic heterocycles. The Morgan fingerprint density at radius 2 is 1.86 bits per heavy atom. The Kier molecular flexibility index (Phi) is 4.64. The van der Waals surface area contributed by atoms with Crippen molar-refractivity contribution in [1.82, 2.24) is 9.97 Å². The van der Waals surface area contributed by atoms with Crippen LogP contribution in [-0.2, 0) is 6.18 Å². The van der Waals surface area contributed by atoms with Gasteiger partial charge in [-0.25, -0.2) is 9.97 Å². The zero-order chi connectivity index (χ0) is 15.5. The molecule has 2 aromatic rings. The van der Waals surface area contributed by atoms with Crippen LogP contribution in [0.2, 0.25) is 5.15 Å². The second kappa shape index (κ2) is 6.28. The maximum atomic E-state index is 12.6. The molecule has 2 N–H and O–H groups in total. The van der Waals surface area contributed by atoms with Gasteiger partial charge in [0.15, 0.2) is 0 Å². The van der Waals surface area contributed by atoms with Gasteiger partial charge in [0.05, 0.1) is 12.6 Å². The van der Waals surface area contributed by atoms with Crippen LogP contribution in [0.3, 0.4) is 0 Å².